The fourth-order valence-electron chi connectivity index (χ4n) is 2.37. The Balaban J connectivity index is 1.93. The molecule has 3 rings (SSSR count). The number of amides is 1. The molecule has 2 atom stereocenters. The van der Waals surface area contributed by atoms with Gasteiger partial charge in [-0.15, -0.1) is 0 Å². The predicted octanol–water partition coefficient (Wildman–Crippen LogP) is 1.49. The van der Waals surface area contributed by atoms with E-state index in [0.717, 1.165) is 12.0 Å². The quantitative estimate of drug-likeness (QED) is 0.728. The maximum absolute atomic E-state index is 11.2. The Hall–Kier alpha value is -1.55. The molecule has 1 fully saturated rings. The van der Waals surface area contributed by atoms with Gasteiger partial charge in [0.05, 0.1) is 12.6 Å². The Kier molecular flexibility index (Phi) is 2.11. The molecular weight excluding hydrogens is 206 g/mol. The van der Waals surface area contributed by atoms with Crippen molar-refractivity contribution in [3.8, 4) is 0 Å². The molecule has 0 aliphatic carbocycles. The number of hydrogen-bond donors (Lipinski definition) is 1. The summed E-state index contributed by atoms with van der Waals surface area (Å²) < 4.78 is 5.24. The normalized spacial score (nSPS) is 27.4. The fraction of sp³-hybridized carbons (Fsp3) is 0.417. The van der Waals surface area contributed by atoms with Crippen molar-refractivity contribution in [3.05, 3.63) is 35.4 Å². The molecule has 16 heavy (non-hydrogen) atoms. The number of carboxylic acid groups (broad SMARTS) is 1. The number of fused-ring (bicyclic) bond motifs is 1. The fourth-order valence-corrected chi connectivity index (χ4v) is 2.37. The third-order valence-electron chi connectivity index (χ3n) is 3.32. The van der Waals surface area contributed by atoms with Crippen LogP contribution in [0.3, 0.4) is 0 Å². The topological polar surface area (TPSA) is 53.1 Å². The van der Waals surface area contributed by atoms with E-state index in [9.17, 15) is 9.90 Å². The lowest BCUT2D eigenvalue weighted by atomic mass is 9.93. The van der Waals surface area contributed by atoms with Crippen molar-refractivity contribution >= 4 is 6.09 Å². The second-order valence-electron chi connectivity index (χ2n) is 4.32. The van der Waals surface area contributed by atoms with Crippen LogP contribution < -0.4 is 0 Å². The van der Waals surface area contributed by atoms with E-state index in [4.69, 9.17) is 4.74 Å². The van der Waals surface area contributed by atoms with Gasteiger partial charge in [0.15, 0.2) is 0 Å². The van der Waals surface area contributed by atoms with Crippen molar-refractivity contribution in [1.29, 1.82) is 0 Å². The maximum Gasteiger partial charge on any atom is 0.407 e. The van der Waals surface area contributed by atoms with Gasteiger partial charge in [0.2, 0.25) is 0 Å². The van der Waals surface area contributed by atoms with Crippen LogP contribution in [-0.2, 0) is 17.7 Å². The average Bonchev–Trinajstić information content (AvgIpc) is 3.11. The maximum atomic E-state index is 11.2. The van der Waals surface area contributed by atoms with E-state index in [2.05, 4.69) is 6.07 Å². The third kappa shape index (κ3) is 1.55. The minimum Gasteiger partial charge on any atom is -0.465 e. The molecule has 1 aromatic carbocycles. The van der Waals surface area contributed by atoms with E-state index in [0.29, 0.717) is 13.2 Å². The first-order valence-corrected chi connectivity index (χ1v) is 5.43. The number of nitrogens with zero attached hydrogens (tertiary/aromatic N) is 1. The van der Waals surface area contributed by atoms with Crippen molar-refractivity contribution in [2.24, 2.45) is 0 Å². The summed E-state index contributed by atoms with van der Waals surface area (Å²) in [5, 5.41) is 9.18. The lowest BCUT2D eigenvalue weighted by Crippen LogP contribution is -2.46. The second-order valence-corrected chi connectivity index (χ2v) is 4.32. The highest BCUT2D eigenvalue weighted by Crippen LogP contribution is 2.30. The largest absolute Gasteiger partial charge is 0.465 e. The molecule has 0 saturated carbocycles. The summed E-state index contributed by atoms with van der Waals surface area (Å²) in [6.45, 7) is 1.17. The molecule has 1 unspecified atom stereocenters. The van der Waals surface area contributed by atoms with E-state index in [1.54, 1.807) is 0 Å². The molecule has 0 radical (unpaired) electrons. The zero-order valence-electron chi connectivity index (χ0n) is 8.80. The number of benzene rings is 1. The molecule has 0 bridgehead atoms. The summed E-state index contributed by atoms with van der Waals surface area (Å²) in [6, 6.07) is 8.01. The molecule has 2 aliphatic rings. The number of carbonyl (C=O) groups is 1. The van der Waals surface area contributed by atoms with Gasteiger partial charge in [-0.25, -0.2) is 4.79 Å². The van der Waals surface area contributed by atoms with Crippen LogP contribution in [-0.4, -0.2) is 34.9 Å². The van der Waals surface area contributed by atoms with Crippen molar-refractivity contribution in [1.82, 2.24) is 4.90 Å². The van der Waals surface area contributed by atoms with E-state index in [1.807, 2.05) is 18.2 Å². The molecule has 1 amide bonds. The Morgan fingerprint density at radius 1 is 1.38 bits per heavy atom. The minimum atomic E-state index is -0.852. The Bertz CT molecular complexity index is 428. The van der Waals surface area contributed by atoms with Gasteiger partial charge in [0.1, 0.15) is 6.10 Å². The van der Waals surface area contributed by atoms with Crippen LogP contribution in [0, 0.1) is 0 Å². The van der Waals surface area contributed by atoms with Gasteiger partial charge in [-0.1, -0.05) is 24.3 Å². The first kappa shape index (κ1) is 9.66. The van der Waals surface area contributed by atoms with E-state index in [1.165, 1.54) is 10.5 Å². The third-order valence-corrected chi connectivity index (χ3v) is 3.32. The van der Waals surface area contributed by atoms with Gasteiger partial charge in [-0.3, -0.25) is 4.90 Å². The van der Waals surface area contributed by atoms with Gasteiger partial charge < -0.3 is 9.84 Å². The van der Waals surface area contributed by atoms with Gasteiger partial charge >= 0.3 is 6.09 Å². The van der Waals surface area contributed by atoms with Crippen LogP contribution in [0.2, 0.25) is 0 Å². The van der Waals surface area contributed by atoms with Gasteiger partial charge in [-0.05, 0) is 17.5 Å². The van der Waals surface area contributed by atoms with E-state index in [-0.39, 0.29) is 12.1 Å². The standard InChI is InChI=1S/C12H13NO3/c14-12(15)13-6-9-4-2-1-3-8(9)5-10(13)11-7-16-11/h1-4,10-11H,5-7H2,(H,14,15)/t10-,11?/m0/s1. The summed E-state index contributed by atoms with van der Waals surface area (Å²) in [6.07, 6.45) is 0.0205. The molecule has 2 aliphatic heterocycles. The molecule has 1 saturated heterocycles. The van der Waals surface area contributed by atoms with Crippen LogP contribution in [0.15, 0.2) is 24.3 Å². The lowest BCUT2D eigenvalue weighted by molar-refractivity contribution is 0.103. The average molecular weight is 219 g/mol. The lowest BCUT2D eigenvalue weighted by Gasteiger charge is -2.34. The van der Waals surface area contributed by atoms with Crippen molar-refractivity contribution in [2.45, 2.75) is 25.1 Å². The van der Waals surface area contributed by atoms with Crippen LogP contribution >= 0.6 is 0 Å². The number of rotatable bonds is 1. The zero-order valence-corrected chi connectivity index (χ0v) is 8.80. The van der Waals surface area contributed by atoms with Gasteiger partial charge in [0.25, 0.3) is 0 Å². The summed E-state index contributed by atoms with van der Waals surface area (Å²) in [4.78, 5) is 12.7. The Morgan fingerprint density at radius 2 is 2.06 bits per heavy atom. The molecule has 1 N–H and O–H groups in total. The SMILES string of the molecule is O=C(O)N1Cc2ccccc2C[C@H]1C1CO1. The zero-order chi connectivity index (χ0) is 11.1. The number of ether oxygens (including phenoxy) is 1. The molecule has 0 aromatic heterocycles. The number of epoxide rings is 1. The van der Waals surface area contributed by atoms with Crippen LogP contribution in [0.5, 0.6) is 0 Å². The van der Waals surface area contributed by atoms with Crippen LogP contribution in [0.4, 0.5) is 4.79 Å². The minimum absolute atomic E-state index is 0.00704. The van der Waals surface area contributed by atoms with Gasteiger partial charge in [-0.2, -0.15) is 0 Å². The molecule has 84 valence electrons. The highest BCUT2D eigenvalue weighted by Gasteiger charge is 2.41. The summed E-state index contributed by atoms with van der Waals surface area (Å²) >= 11 is 0. The molecule has 1 aromatic rings. The highest BCUT2D eigenvalue weighted by atomic mass is 16.6. The molecule has 0 spiro atoms. The molecular formula is C12H13NO3. The Labute approximate surface area is 93.4 Å². The van der Waals surface area contributed by atoms with Gasteiger partial charge in [0, 0.05) is 6.54 Å². The summed E-state index contributed by atoms with van der Waals surface area (Å²) in [5.74, 6) is 0. The first-order chi connectivity index (χ1) is 7.75. The van der Waals surface area contributed by atoms with E-state index >= 15 is 0 Å². The van der Waals surface area contributed by atoms with E-state index < -0.39 is 6.09 Å². The van der Waals surface area contributed by atoms with Crippen molar-refractivity contribution < 1.29 is 14.6 Å². The predicted molar refractivity (Wildman–Crippen MR) is 57.2 cm³/mol. The second kappa shape index (κ2) is 3.49. The van der Waals surface area contributed by atoms with Crippen LogP contribution in [0.1, 0.15) is 11.1 Å². The molecule has 4 heteroatoms. The van der Waals surface area contributed by atoms with Crippen LogP contribution in [0.25, 0.3) is 0 Å². The highest BCUT2D eigenvalue weighted by molar-refractivity contribution is 5.66. The monoisotopic (exact) mass is 219 g/mol. The smallest absolute Gasteiger partial charge is 0.407 e. The number of hydrogen-bond acceptors (Lipinski definition) is 2. The molecule has 4 nitrogen and oxygen atoms in total. The Morgan fingerprint density at radius 3 is 2.69 bits per heavy atom. The first-order valence-electron chi connectivity index (χ1n) is 5.43. The van der Waals surface area contributed by atoms with Crippen molar-refractivity contribution in [3.63, 3.8) is 0 Å². The molecule has 2 heterocycles. The summed E-state index contributed by atoms with van der Waals surface area (Å²) in [7, 11) is 0. The van der Waals surface area contributed by atoms with Crippen molar-refractivity contribution in [2.75, 3.05) is 6.61 Å². The summed E-state index contributed by atoms with van der Waals surface area (Å²) in [5.41, 5.74) is 2.36.